The second-order valence-electron chi connectivity index (χ2n) is 3.71. The molecule has 0 spiro atoms. The summed E-state index contributed by atoms with van der Waals surface area (Å²) in [6.45, 7) is 3.50. The lowest BCUT2D eigenvalue weighted by Crippen LogP contribution is -2.32. The van der Waals surface area contributed by atoms with E-state index in [1.807, 2.05) is 6.20 Å². The van der Waals surface area contributed by atoms with Gasteiger partial charge < -0.3 is 4.90 Å². The van der Waals surface area contributed by atoms with Gasteiger partial charge in [0.05, 0.1) is 0 Å². The van der Waals surface area contributed by atoms with E-state index in [1.165, 1.54) is 37.4 Å². The van der Waals surface area contributed by atoms with E-state index in [1.54, 1.807) is 11.3 Å². The van der Waals surface area contributed by atoms with Crippen molar-refractivity contribution in [2.75, 3.05) is 11.4 Å². The highest BCUT2D eigenvalue weighted by atomic mass is 32.1. The molecule has 0 saturated carbocycles. The van der Waals surface area contributed by atoms with Gasteiger partial charge >= 0.3 is 0 Å². The molecule has 0 bridgehead atoms. The van der Waals surface area contributed by atoms with Crippen molar-refractivity contribution in [3.8, 4) is 0 Å². The van der Waals surface area contributed by atoms with Crippen molar-refractivity contribution in [1.82, 2.24) is 4.98 Å². The van der Waals surface area contributed by atoms with Gasteiger partial charge in [-0.25, -0.2) is 4.98 Å². The zero-order valence-electron chi connectivity index (χ0n) is 8.07. The zero-order valence-corrected chi connectivity index (χ0v) is 8.89. The average Bonchev–Trinajstić information content (AvgIpc) is 2.56. The molecule has 2 rings (SSSR count). The third-order valence-corrected chi connectivity index (χ3v) is 3.53. The summed E-state index contributed by atoms with van der Waals surface area (Å²) >= 11 is 1.76. The van der Waals surface area contributed by atoms with Crippen LogP contribution in [0, 0.1) is 0 Å². The van der Waals surface area contributed by atoms with E-state index in [0.717, 1.165) is 0 Å². The molecule has 0 radical (unpaired) electrons. The highest BCUT2D eigenvalue weighted by molar-refractivity contribution is 7.13. The molecule has 2 nitrogen and oxygen atoms in total. The number of rotatable bonds is 1. The molecule has 2 heterocycles. The first-order chi connectivity index (χ1) is 6.38. The number of anilines is 1. The molecule has 0 aromatic carbocycles. The Morgan fingerprint density at radius 1 is 1.46 bits per heavy atom. The molecule has 1 fully saturated rings. The highest BCUT2D eigenvalue weighted by Gasteiger charge is 2.18. The molecule has 1 aliphatic heterocycles. The standard InChI is InChI=1S/C10H16N2S/c1-9-5-3-2-4-7-12(9)10-11-6-8-13-10/h6,8-9H,2-5,7H2,1H3. The molecule has 1 aliphatic rings. The molecule has 3 heteroatoms. The minimum atomic E-state index is 0.675. The first kappa shape index (κ1) is 9.00. The van der Waals surface area contributed by atoms with Crippen LogP contribution >= 0.6 is 11.3 Å². The molecule has 13 heavy (non-hydrogen) atoms. The fourth-order valence-electron chi connectivity index (χ4n) is 1.92. The van der Waals surface area contributed by atoms with E-state index in [9.17, 15) is 0 Å². The summed E-state index contributed by atoms with van der Waals surface area (Å²) in [5.74, 6) is 0. The molecule has 72 valence electrons. The predicted molar refractivity (Wildman–Crippen MR) is 57.4 cm³/mol. The van der Waals surface area contributed by atoms with Gasteiger partial charge in [-0.15, -0.1) is 11.3 Å². The van der Waals surface area contributed by atoms with Crippen LogP contribution in [0.3, 0.4) is 0 Å². The van der Waals surface area contributed by atoms with E-state index in [-0.39, 0.29) is 0 Å². The average molecular weight is 196 g/mol. The van der Waals surface area contributed by atoms with Crippen LogP contribution in [0.1, 0.15) is 32.6 Å². The SMILES string of the molecule is CC1CCCCCN1c1nccs1. The number of aromatic nitrogens is 1. The van der Waals surface area contributed by atoms with Crippen molar-refractivity contribution >= 4 is 16.5 Å². The Balaban J connectivity index is 2.11. The van der Waals surface area contributed by atoms with Gasteiger partial charge in [0.2, 0.25) is 0 Å². The summed E-state index contributed by atoms with van der Waals surface area (Å²) in [6.07, 6.45) is 7.30. The fourth-order valence-corrected chi connectivity index (χ4v) is 2.69. The minimum Gasteiger partial charge on any atom is -0.345 e. The van der Waals surface area contributed by atoms with Crippen LogP contribution in [0.4, 0.5) is 5.13 Å². The first-order valence-electron chi connectivity index (χ1n) is 5.04. The fraction of sp³-hybridized carbons (Fsp3) is 0.700. The Morgan fingerprint density at radius 2 is 2.38 bits per heavy atom. The molecule has 1 atom stereocenters. The molecular weight excluding hydrogens is 180 g/mol. The molecular formula is C10H16N2S. The number of nitrogens with zero attached hydrogens (tertiary/aromatic N) is 2. The van der Waals surface area contributed by atoms with E-state index in [2.05, 4.69) is 22.2 Å². The smallest absolute Gasteiger partial charge is 0.185 e. The van der Waals surface area contributed by atoms with E-state index < -0.39 is 0 Å². The lowest BCUT2D eigenvalue weighted by molar-refractivity contribution is 0.615. The maximum atomic E-state index is 4.38. The van der Waals surface area contributed by atoms with Gasteiger partial charge in [0, 0.05) is 24.2 Å². The number of hydrogen-bond donors (Lipinski definition) is 0. The van der Waals surface area contributed by atoms with Gasteiger partial charge in [-0.3, -0.25) is 0 Å². The maximum Gasteiger partial charge on any atom is 0.185 e. The summed E-state index contributed by atoms with van der Waals surface area (Å²) in [4.78, 5) is 6.83. The third kappa shape index (κ3) is 2.02. The number of thiazole rings is 1. The van der Waals surface area contributed by atoms with Crippen LogP contribution in [0.5, 0.6) is 0 Å². The van der Waals surface area contributed by atoms with E-state index in [4.69, 9.17) is 0 Å². The van der Waals surface area contributed by atoms with Gasteiger partial charge in [-0.2, -0.15) is 0 Å². The van der Waals surface area contributed by atoms with Crippen molar-refractivity contribution in [3.63, 3.8) is 0 Å². The van der Waals surface area contributed by atoms with Crippen molar-refractivity contribution < 1.29 is 0 Å². The van der Waals surface area contributed by atoms with Crippen molar-refractivity contribution in [1.29, 1.82) is 0 Å². The van der Waals surface area contributed by atoms with Gasteiger partial charge in [0.25, 0.3) is 0 Å². The molecule has 0 amide bonds. The van der Waals surface area contributed by atoms with Crippen molar-refractivity contribution in [2.45, 2.75) is 38.6 Å². The largest absolute Gasteiger partial charge is 0.345 e. The molecule has 0 N–H and O–H groups in total. The Morgan fingerprint density at radius 3 is 3.15 bits per heavy atom. The van der Waals surface area contributed by atoms with E-state index >= 15 is 0 Å². The van der Waals surface area contributed by atoms with Crippen LogP contribution in [-0.2, 0) is 0 Å². The summed E-state index contributed by atoms with van der Waals surface area (Å²) in [6, 6.07) is 0.675. The van der Waals surface area contributed by atoms with Crippen LogP contribution in [-0.4, -0.2) is 17.6 Å². The monoisotopic (exact) mass is 196 g/mol. The summed E-state index contributed by atoms with van der Waals surface area (Å²) in [7, 11) is 0. The van der Waals surface area contributed by atoms with Gasteiger partial charge in [0.15, 0.2) is 5.13 Å². The zero-order chi connectivity index (χ0) is 9.10. The molecule has 1 unspecified atom stereocenters. The highest BCUT2D eigenvalue weighted by Crippen LogP contribution is 2.25. The van der Waals surface area contributed by atoms with Crippen LogP contribution in [0.25, 0.3) is 0 Å². The summed E-state index contributed by atoms with van der Waals surface area (Å²) < 4.78 is 0. The van der Waals surface area contributed by atoms with Crippen molar-refractivity contribution in [2.24, 2.45) is 0 Å². The Kier molecular flexibility index (Phi) is 2.83. The first-order valence-corrected chi connectivity index (χ1v) is 5.92. The quantitative estimate of drug-likeness (QED) is 0.686. The van der Waals surface area contributed by atoms with Crippen LogP contribution in [0.15, 0.2) is 11.6 Å². The molecule has 1 aromatic rings. The van der Waals surface area contributed by atoms with Gasteiger partial charge in [0.1, 0.15) is 0 Å². The Bertz CT molecular complexity index is 245. The summed E-state index contributed by atoms with van der Waals surface area (Å²) in [5.41, 5.74) is 0. The summed E-state index contributed by atoms with van der Waals surface area (Å²) in [5, 5.41) is 3.27. The third-order valence-electron chi connectivity index (χ3n) is 2.72. The second kappa shape index (κ2) is 4.09. The second-order valence-corrected chi connectivity index (χ2v) is 4.58. The molecule has 0 aliphatic carbocycles. The number of hydrogen-bond acceptors (Lipinski definition) is 3. The van der Waals surface area contributed by atoms with Crippen LogP contribution in [0.2, 0.25) is 0 Å². The topological polar surface area (TPSA) is 16.1 Å². The molecule has 1 saturated heterocycles. The predicted octanol–water partition coefficient (Wildman–Crippen LogP) is 2.91. The lowest BCUT2D eigenvalue weighted by atomic mass is 10.1. The normalized spacial score (nSPS) is 24.4. The minimum absolute atomic E-state index is 0.675. The van der Waals surface area contributed by atoms with Crippen LogP contribution < -0.4 is 4.90 Å². The van der Waals surface area contributed by atoms with Gasteiger partial charge in [-0.1, -0.05) is 12.8 Å². The lowest BCUT2D eigenvalue weighted by Gasteiger charge is -2.26. The Labute approximate surface area is 83.6 Å². The molecule has 1 aromatic heterocycles. The van der Waals surface area contributed by atoms with Crippen molar-refractivity contribution in [3.05, 3.63) is 11.6 Å². The maximum absolute atomic E-state index is 4.38. The Hall–Kier alpha value is -0.570. The van der Waals surface area contributed by atoms with E-state index in [0.29, 0.717) is 6.04 Å². The van der Waals surface area contributed by atoms with Gasteiger partial charge in [-0.05, 0) is 19.8 Å².